The van der Waals surface area contributed by atoms with Crippen LogP contribution in [0.5, 0.6) is 0 Å². The van der Waals surface area contributed by atoms with Gasteiger partial charge in [0.25, 0.3) is 5.91 Å². The van der Waals surface area contributed by atoms with Crippen molar-refractivity contribution in [3.05, 3.63) is 36.2 Å². The second-order valence-electron chi connectivity index (χ2n) is 6.81. The zero-order chi connectivity index (χ0) is 19.0. The standard InChI is InChI=1S/C19H23N5OS2/c1-22-10-9-14(21-22)18(25)23(2)13-7-11-24(12-8-13)19-20-17-15(26-3)5-4-6-16(17)27-19/h4-6,9-10,13H,7-8,11-12H2,1-3H3. The summed E-state index contributed by atoms with van der Waals surface area (Å²) in [6.07, 6.45) is 5.79. The van der Waals surface area contributed by atoms with Gasteiger partial charge in [-0.3, -0.25) is 9.48 Å². The number of anilines is 1. The van der Waals surface area contributed by atoms with Gasteiger partial charge in [-0.25, -0.2) is 4.98 Å². The molecule has 3 aromatic rings. The Kier molecular flexibility index (Phi) is 5.10. The number of benzene rings is 1. The molecule has 0 spiro atoms. The Hall–Kier alpha value is -2.06. The van der Waals surface area contributed by atoms with Gasteiger partial charge in [0.15, 0.2) is 5.13 Å². The third-order valence-electron chi connectivity index (χ3n) is 5.13. The molecule has 4 rings (SSSR count). The van der Waals surface area contributed by atoms with E-state index < -0.39 is 0 Å². The molecule has 8 heteroatoms. The molecule has 0 aliphatic carbocycles. The number of carbonyl (C=O) groups is 1. The van der Waals surface area contributed by atoms with E-state index >= 15 is 0 Å². The van der Waals surface area contributed by atoms with Crippen molar-refractivity contribution in [2.24, 2.45) is 7.05 Å². The maximum Gasteiger partial charge on any atom is 0.274 e. The predicted molar refractivity (Wildman–Crippen MR) is 112 cm³/mol. The minimum absolute atomic E-state index is 0.00125. The van der Waals surface area contributed by atoms with E-state index in [4.69, 9.17) is 4.98 Å². The van der Waals surface area contributed by atoms with Crippen LogP contribution in [0.25, 0.3) is 10.2 Å². The molecular weight excluding hydrogens is 378 g/mol. The second-order valence-corrected chi connectivity index (χ2v) is 8.67. The molecule has 0 saturated carbocycles. The Morgan fingerprint density at radius 2 is 2.07 bits per heavy atom. The molecular formula is C19H23N5OS2. The van der Waals surface area contributed by atoms with E-state index in [0.29, 0.717) is 5.69 Å². The van der Waals surface area contributed by atoms with E-state index in [1.54, 1.807) is 40.0 Å². The maximum atomic E-state index is 12.6. The third kappa shape index (κ3) is 3.55. The summed E-state index contributed by atoms with van der Waals surface area (Å²) < 4.78 is 2.90. The minimum atomic E-state index is -0.00125. The summed E-state index contributed by atoms with van der Waals surface area (Å²) in [6, 6.07) is 8.38. The van der Waals surface area contributed by atoms with Crippen molar-refractivity contribution in [2.75, 3.05) is 31.3 Å². The smallest absolute Gasteiger partial charge is 0.274 e. The Morgan fingerprint density at radius 3 is 2.74 bits per heavy atom. The lowest BCUT2D eigenvalue weighted by Gasteiger charge is -2.36. The van der Waals surface area contributed by atoms with Crippen LogP contribution in [-0.4, -0.2) is 58.0 Å². The first kappa shape index (κ1) is 18.3. The van der Waals surface area contributed by atoms with Crippen molar-refractivity contribution in [2.45, 2.75) is 23.8 Å². The molecule has 27 heavy (non-hydrogen) atoms. The molecule has 0 bridgehead atoms. The summed E-state index contributed by atoms with van der Waals surface area (Å²) >= 11 is 3.50. The fraction of sp³-hybridized carbons (Fsp3) is 0.421. The average Bonchev–Trinajstić information content (AvgIpc) is 3.33. The molecule has 1 saturated heterocycles. The lowest BCUT2D eigenvalue weighted by molar-refractivity contribution is 0.0702. The lowest BCUT2D eigenvalue weighted by atomic mass is 10.0. The Labute approximate surface area is 167 Å². The van der Waals surface area contributed by atoms with Gasteiger partial charge in [-0.15, -0.1) is 11.8 Å². The number of thioether (sulfide) groups is 1. The van der Waals surface area contributed by atoms with Gasteiger partial charge >= 0.3 is 0 Å². The molecule has 3 heterocycles. The molecule has 0 radical (unpaired) electrons. The molecule has 1 aliphatic heterocycles. The van der Waals surface area contributed by atoms with Gasteiger partial charge in [0.05, 0.1) is 10.2 Å². The highest BCUT2D eigenvalue weighted by atomic mass is 32.2. The van der Waals surface area contributed by atoms with Crippen molar-refractivity contribution in [3.8, 4) is 0 Å². The van der Waals surface area contributed by atoms with Crippen LogP contribution in [0, 0.1) is 0 Å². The van der Waals surface area contributed by atoms with Crippen LogP contribution >= 0.6 is 23.1 Å². The summed E-state index contributed by atoms with van der Waals surface area (Å²) in [6.45, 7) is 1.83. The normalized spacial score (nSPS) is 15.4. The Balaban J connectivity index is 1.43. The molecule has 0 N–H and O–H groups in total. The van der Waals surface area contributed by atoms with Crippen molar-refractivity contribution < 1.29 is 4.79 Å². The fourth-order valence-corrected chi connectivity index (χ4v) is 5.20. The first-order chi connectivity index (χ1) is 13.1. The van der Waals surface area contributed by atoms with Gasteiger partial charge in [-0.2, -0.15) is 5.10 Å². The monoisotopic (exact) mass is 401 g/mol. The van der Waals surface area contributed by atoms with Gasteiger partial charge < -0.3 is 9.80 Å². The highest BCUT2D eigenvalue weighted by molar-refractivity contribution is 7.98. The van der Waals surface area contributed by atoms with Crippen molar-refractivity contribution >= 4 is 44.4 Å². The molecule has 1 aliphatic rings. The van der Waals surface area contributed by atoms with Crippen molar-refractivity contribution in [1.82, 2.24) is 19.7 Å². The number of piperidine rings is 1. The SMILES string of the molecule is CSc1cccc2sc(N3CCC(N(C)C(=O)c4ccn(C)n4)CC3)nc12. The summed E-state index contributed by atoms with van der Waals surface area (Å²) in [5, 5.41) is 5.32. The topological polar surface area (TPSA) is 54.3 Å². The third-order valence-corrected chi connectivity index (χ3v) is 6.98. The van der Waals surface area contributed by atoms with Crippen LogP contribution in [0.2, 0.25) is 0 Å². The van der Waals surface area contributed by atoms with Crippen LogP contribution in [0.1, 0.15) is 23.3 Å². The van der Waals surface area contributed by atoms with Gasteiger partial charge in [0.1, 0.15) is 5.69 Å². The van der Waals surface area contributed by atoms with Crippen LogP contribution in [-0.2, 0) is 7.05 Å². The van der Waals surface area contributed by atoms with E-state index in [1.165, 1.54) is 9.60 Å². The van der Waals surface area contributed by atoms with Crippen molar-refractivity contribution in [1.29, 1.82) is 0 Å². The number of nitrogens with zero attached hydrogens (tertiary/aromatic N) is 5. The highest BCUT2D eigenvalue weighted by Gasteiger charge is 2.28. The Morgan fingerprint density at radius 1 is 1.30 bits per heavy atom. The van der Waals surface area contributed by atoms with Crippen LogP contribution in [0.3, 0.4) is 0 Å². The number of aromatic nitrogens is 3. The number of aryl methyl sites for hydroxylation is 1. The molecule has 142 valence electrons. The summed E-state index contributed by atoms with van der Waals surface area (Å²) in [5.41, 5.74) is 1.62. The summed E-state index contributed by atoms with van der Waals surface area (Å²) in [5.74, 6) is -0.00125. The number of thiazole rings is 1. The largest absolute Gasteiger partial charge is 0.348 e. The average molecular weight is 402 g/mol. The van der Waals surface area contributed by atoms with E-state index in [-0.39, 0.29) is 11.9 Å². The number of rotatable bonds is 4. The first-order valence-electron chi connectivity index (χ1n) is 9.02. The van der Waals surface area contributed by atoms with Crippen molar-refractivity contribution in [3.63, 3.8) is 0 Å². The summed E-state index contributed by atoms with van der Waals surface area (Å²) in [7, 11) is 3.72. The maximum absolute atomic E-state index is 12.6. The van der Waals surface area contributed by atoms with Crippen LogP contribution in [0.15, 0.2) is 35.4 Å². The molecule has 1 aromatic carbocycles. The van der Waals surface area contributed by atoms with Crippen LogP contribution < -0.4 is 4.90 Å². The zero-order valence-electron chi connectivity index (χ0n) is 15.8. The van der Waals surface area contributed by atoms with Gasteiger partial charge in [0.2, 0.25) is 0 Å². The molecule has 0 unspecified atom stereocenters. The number of hydrogen-bond donors (Lipinski definition) is 0. The quantitative estimate of drug-likeness (QED) is 0.627. The van der Waals surface area contributed by atoms with Gasteiger partial charge in [-0.1, -0.05) is 17.4 Å². The van der Waals surface area contributed by atoms with E-state index in [1.807, 2.05) is 19.0 Å². The number of carbonyl (C=O) groups excluding carboxylic acids is 1. The number of hydrogen-bond acceptors (Lipinski definition) is 6. The van der Waals surface area contributed by atoms with E-state index in [0.717, 1.165) is 36.6 Å². The molecule has 1 amide bonds. The van der Waals surface area contributed by atoms with Gasteiger partial charge in [-0.05, 0) is 37.3 Å². The lowest BCUT2D eigenvalue weighted by Crippen LogP contribution is -2.45. The molecule has 1 fully saturated rings. The second kappa shape index (κ2) is 7.52. The van der Waals surface area contributed by atoms with E-state index in [9.17, 15) is 4.79 Å². The fourth-order valence-electron chi connectivity index (χ4n) is 3.53. The molecule has 0 atom stereocenters. The van der Waals surface area contributed by atoms with Crippen LogP contribution in [0.4, 0.5) is 5.13 Å². The number of fused-ring (bicyclic) bond motifs is 1. The Bertz CT molecular complexity index is 958. The number of para-hydroxylation sites is 1. The highest BCUT2D eigenvalue weighted by Crippen LogP contribution is 2.35. The van der Waals surface area contributed by atoms with E-state index in [2.05, 4.69) is 34.5 Å². The van der Waals surface area contributed by atoms with Gasteiger partial charge in [0, 0.05) is 44.3 Å². The minimum Gasteiger partial charge on any atom is -0.348 e. The molecule has 2 aromatic heterocycles. The number of amides is 1. The summed E-state index contributed by atoms with van der Waals surface area (Å²) in [4.78, 5) is 22.9. The predicted octanol–water partition coefficient (Wildman–Crippen LogP) is 3.49. The molecule has 6 nitrogen and oxygen atoms in total. The zero-order valence-corrected chi connectivity index (χ0v) is 17.4. The first-order valence-corrected chi connectivity index (χ1v) is 11.1.